The molecule has 0 radical (unpaired) electrons. The molecule has 0 spiro atoms. The third kappa shape index (κ3) is 5.39. The van der Waals surface area contributed by atoms with Gasteiger partial charge in [-0.25, -0.2) is 4.98 Å². The molecule has 0 amide bonds. The SMILES string of the molecule is O=P(c1ccccc1)(c1ccccc1)c1ccc(-c2sc3c(c(-c4ccccc4)nc4ccccc43)c2-c2ccc3c4ccccc4c4ccccc4c3c2)cc1. The van der Waals surface area contributed by atoms with Crippen LogP contribution in [0.1, 0.15) is 0 Å². The third-order valence-corrected chi connectivity index (χ3v) is 15.7. The fraction of sp³-hybridized carbons (Fsp3) is 0. The highest BCUT2D eigenvalue weighted by Gasteiger charge is 2.30. The number of para-hydroxylation sites is 1. The van der Waals surface area contributed by atoms with Crippen molar-refractivity contribution >= 4 is 87.7 Å². The lowest BCUT2D eigenvalue weighted by Gasteiger charge is -2.20. The van der Waals surface area contributed by atoms with Crippen molar-refractivity contribution in [3.63, 3.8) is 0 Å². The van der Waals surface area contributed by atoms with Crippen LogP contribution in [0, 0.1) is 0 Å². The van der Waals surface area contributed by atoms with Gasteiger partial charge in [0.25, 0.3) is 0 Å². The van der Waals surface area contributed by atoms with Crippen LogP contribution in [0.4, 0.5) is 0 Å². The summed E-state index contributed by atoms with van der Waals surface area (Å²) in [5, 5.41) is 12.2. The highest BCUT2D eigenvalue weighted by atomic mass is 32.1. The van der Waals surface area contributed by atoms with Crippen LogP contribution in [-0.4, -0.2) is 4.98 Å². The molecule has 0 atom stereocenters. The van der Waals surface area contributed by atoms with Gasteiger partial charge in [0.1, 0.15) is 0 Å². The van der Waals surface area contributed by atoms with Gasteiger partial charge in [-0.2, -0.15) is 0 Å². The van der Waals surface area contributed by atoms with E-state index < -0.39 is 7.14 Å². The van der Waals surface area contributed by atoms with E-state index in [4.69, 9.17) is 4.98 Å². The zero-order valence-corrected chi connectivity index (χ0v) is 32.6. The minimum Gasteiger partial charge on any atom is -0.309 e. The van der Waals surface area contributed by atoms with Crippen molar-refractivity contribution in [3.05, 3.63) is 206 Å². The van der Waals surface area contributed by atoms with E-state index in [0.717, 1.165) is 65.0 Å². The van der Waals surface area contributed by atoms with Gasteiger partial charge in [0.2, 0.25) is 0 Å². The Morgan fingerprint density at radius 3 is 1.44 bits per heavy atom. The smallest absolute Gasteiger partial charge is 0.171 e. The Balaban J connectivity index is 1.21. The van der Waals surface area contributed by atoms with Gasteiger partial charge in [-0.3, -0.25) is 0 Å². The maximum absolute atomic E-state index is 15.4. The minimum absolute atomic E-state index is 0.812. The predicted octanol–water partition coefficient (Wildman–Crippen LogP) is 13.5. The lowest BCUT2D eigenvalue weighted by atomic mass is 9.90. The van der Waals surface area contributed by atoms with E-state index in [1.165, 1.54) is 37.0 Å². The van der Waals surface area contributed by atoms with Crippen LogP contribution in [0.25, 0.3) is 86.1 Å². The molecule has 268 valence electrons. The maximum atomic E-state index is 15.4. The average molecular weight is 764 g/mol. The number of pyridine rings is 1. The Labute approximate surface area is 334 Å². The summed E-state index contributed by atoms with van der Waals surface area (Å²) in [5.41, 5.74) is 6.41. The van der Waals surface area contributed by atoms with Gasteiger partial charge < -0.3 is 4.57 Å². The maximum Gasteiger partial charge on any atom is 0.171 e. The summed E-state index contributed by atoms with van der Waals surface area (Å²) in [7, 11) is -3.14. The molecule has 0 bridgehead atoms. The standard InChI is InChI=1S/C53H34NOPS/c55-56(38-18-6-2-7-19-38,39-20-8-3-9-21-39)40-31-28-36(29-32-40)52-49(50-51(35-16-4-1-5-17-35)54-48-27-15-14-26-46(48)53(50)57-52)37-30-33-45-43-24-11-10-22-41(43)42-23-12-13-25-44(42)47(45)34-37/h1-34H. The molecule has 0 unspecified atom stereocenters. The van der Waals surface area contributed by atoms with Crippen molar-refractivity contribution in [2.45, 2.75) is 0 Å². The van der Waals surface area contributed by atoms with Crippen LogP contribution in [0.2, 0.25) is 0 Å². The summed E-state index contributed by atoms with van der Waals surface area (Å²) in [6.45, 7) is 0. The predicted molar refractivity (Wildman–Crippen MR) is 245 cm³/mol. The van der Waals surface area contributed by atoms with E-state index in [9.17, 15) is 0 Å². The summed E-state index contributed by atoms with van der Waals surface area (Å²) in [6.07, 6.45) is 0. The number of aromatic nitrogens is 1. The fourth-order valence-corrected chi connectivity index (χ4v) is 12.7. The number of rotatable bonds is 6. The highest BCUT2D eigenvalue weighted by Crippen LogP contribution is 2.51. The number of thiophene rings is 1. The second-order valence-corrected chi connectivity index (χ2v) is 18.3. The number of hydrogen-bond donors (Lipinski definition) is 0. The summed E-state index contributed by atoms with van der Waals surface area (Å²) < 4.78 is 16.6. The van der Waals surface area contributed by atoms with Crippen molar-refractivity contribution in [2.24, 2.45) is 0 Å². The number of benzene rings is 9. The molecule has 0 N–H and O–H groups in total. The first-order chi connectivity index (χ1) is 28.2. The average Bonchev–Trinajstić information content (AvgIpc) is 3.70. The van der Waals surface area contributed by atoms with Crippen LogP contribution in [0.3, 0.4) is 0 Å². The van der Waals surface area contributed by atoms with E-state index in [1.807, 2.05) is 72.0 Å². The number of fused-ring (bicyclic) bond motifs is 9. The van der Waals surface area contributed by atoms with Gasteiger partial charge >= 0.3 is 0 Å². The first-order valence-corrected chi connectivity index (χ1v) is 21.8. The molecule has 2 heterocycles. The molecule has 2 nitrogen and oxygen atoms in total. The topological polar surface area (TPSA) is 30.0 Å². The van der Waals surface area contributed by atoms with E-state index in [0.29, 0.717) is 0 Å². The quantitative estimate of drug-likeness (QED) is 0.125. The normalized spacial score (nSPS) is 11.9. The van der Waals surface area contributed by atoms with Gasteiger partial charge in [-0.1, -0.05) is 194 Å². The monoisotopic (exact) mass is 763 g/mol. The van der Waals surface area contributed by atoms with Crippen molar-refractivity contribution < 1.29 is 4.57 Å². The molecule has 11 aromatic rings. The van der Waals surface area contributed by atoms with E-state index >= 15 is 4.57 Å². The van der Waals surface area contributed by atoms with Gasteiger partial charge in [0.15, 0.2) is 7.14 Å². The molecule has 11 rings (SSSR count). The zero-order chi connectivity index (χ0) is 37.9. The molecular weight excluding hydrogens is 730 g/mol. The fourth-order valence-electron chi connectivity index (χ4n) is 8.68. The molecular formula is C53H34NOPS. The number of nitrogens with zero attached hydrogens (tertiary/aromatic N) is 1. The van der Waals surface area contributed by atoms with Gasteiger partial charge in [0.05, 0.1) is 11.2 Å². The third-order valence-electron chi connectivity index (χ3n) is 11.3. The molecule has 2 aromatic heterocycles. The van der Waals surface area contributed by atoms with Crippen LogP contribution in [0.5, 0.6) is 0 Å². The zero-order valence-electron chi connectivity index (χ0n) is 30.8. The van der Waals surface area contributed by atoms with Crippen LogP contribution in [0.15, 0.2) is 206 Å². The molecule has 0 saturated heterocycles. The summed E-state index contributed by atoms with van der Waals surface area (Å²) in [6, 6.07) is 71.9. The molecule has 4 heteroatoms. The Bertz CT molecular complexity index is 3280. The lowest BCUT2D eigenvalue weighted by Crippen LogP contribution is -2.24. The molecule has 9 aromatic carbocycles. The van der Waals surface area contributed by atoms with E-state index in [1.54, 1.807) is 0 Å². The van der Waals surface area contributed by atoms with E-state index in [2.05, 4.69) is 146 Å². The van der Waals surface area contributed by atoms with Crippen LogP contribution >= 0.6 is 18.5 Å². The number of hydrogen-bond acceptors (Lipinski definition) is 3. The summed E-state index contributed by atoms with van der Waals surface area (Å²) in [5.74, 6) is 0. The highest BCUT2D eigenvalue weighted by molar-refractivity contribution is 7.85. The van der Waals surface area contributed by atoms with Gasteiger partial charge in [0, 0.05) is 47.4 Å². The summed E-state index contributed by atoms with van der Waals surface area (Å²) >= 11 is 1.82. The largest absolute Gasteiger partial charge is 0.309 e. The molecule has 0 aliphatic heterocycles. The van der Waals surface area contributed by atoms with Crippen molar-refractivity contribution in [1.82, 2.24) is 4.98 Å². The van der Waals surface area contributed by atoms with Crippen LogP contribution in [-0.2, 0) is 4.57 Å². The second kappa shape index (κ2) is 13.5. The van der Waals surface area contributed by atoms with Crippen LogP contribution < -0.4 is 15.9 Å². The first kappa shape index (κ1) is 33.7. The Hall–Kier alpha value is -6.64. The molecule has 0 saturated carbocycles. The Morgan fingerprint density at radius 2 is 0.842 bits per heavy atom. The second-order valence-electron chi connectivity index (χ2n) is 14.5. The Morgan fingerprint density at radius 1 is 0.386 bits per heavy atom. The van der Waals surface area contributed by atoms with Crippen molar-refractivity contribution in [1.29, 1.82) is 0 Å². The molecule has 0 aliphatic carbocycles. The van der Waals surface area contributed by atoms with Crippen molar-refractivity contribution in [3.8, 4) is 32.8 Å². The van der Waals surface area contributed by atoms with Crippen molar-refractivity contribution in [2.75, 3.05) is 0 Å². The van der Waals surface area contributed by atoms with E-state index in [-0.39, 0.29) is 0 Å². The minimum atomic E-state index is -3.14. The van der Waals surface area contributed by atoms with Gasteiger partial charge in [-0.05, 0) is 55.6 Å². The molecule has 57 heavy (non-hydrogen) atoms. The summed E-state index contributed by atoms with van der Waals surface area (Å²) in [4.78, 5) is 6.56. The molecule has 0 fully saturated rings. The Kier molecular flexibility index (Phi) is 8.00. The first-order valence-electron chi connectivity index (χ1n) is 19.2. The lowest BCUT2D eigenvalue weighted by molar-refractivity contribution is 0.592. The van der Waals surface area contributed by atoms with Gasteiger partial charge in [-0.15, -0.1) is 11.3 Å². The molecule has 0 aliphatic rings.